The summed E-state index contributed by atoms with van der Waals surface area (Å²) >= 11 is 9.34. The summed E-state index contributed by atoms with van der Waals surface area (Å²) in [5.41, 5.74) is 0. The molecule has 7 nitrogen and oxygen atoms in total. The van der Waals surface area contributed by atoms with Gasteiger partial charge in [0.25, 0.3) is 0 Å². The Morgan fingerprint density at radius 2 is 2.33 bits per heavy atom. The number of carbonyl (C=O) groups excluding carboxylic acids is 1. The van der Waals surface area contributed by atoms with E-state index in [9.17, 15) is 4.79 Å². The fourth-order valence-electron chi connectivity index (χ4n) is 1.47. The van der Waals surface area contributed by atoms with Gasteiger partial charge in [-0.2, -0.15) is 10.1 Å². The Morgan fingerprint density at radius 1 is 1.48 bits per heavy atom. The molecule has 0 aliphatic heterocycles. The molecule has 1 heterocycles. The second-order valence-corrected chi connectivity index (χ2v) is 5.31. The van der Waals surface area contributed by atoms with E-state index in [0.29, 0.717) is 36.3 Å². The lowest BCUT2D eigenvalue weighted by Gasteiger charge is -2.09. The highest BCUT2D eigenvalue weighted by molar-refractivity contribution is 9.10. The number of rotatable bonds is 6. The Balaban J connectivity index is 1.62. The van der Waals surface area contributed by atoms with Crippen LogP contribution >= 0.6 is 27.5 Å². The normalized spacial score (nSPS) is 10.2. The van der Waals surface area contributed by atoms with E-state index >= 15 is 0 Å². The Kier molecular flexibility index (Phi) is 5.82. The number of ether oxygens (including phenoxy) is 1. The summed E-state index contributed by atoms with van der Waals surface area (Å²) in [6, 6.07) is 5.05. The Labute approximate surface area is 134 Å². The maximum absolute atomic E-state index is 11.5. The number of anilines is 1. The summed E-state index contributed by atoms with van der Waals surface area (Å²) in [5, 5.41) is 11.9. The molecule has 1 aromatic carbocycles. The number of aromatic nitrogens is 3. The Hall–Kier alpha value is -1.80. The van der Waals surface area contributed by atoms with E-state index in [1.807, 2.05) is 6.07 Å². The van der Waals surface area contributed by atoms with Gasteiger partial charge < -0.3 is 10.1 Å². The van der Waals surface area contributed by atoms with Crippen LogP contribution in [-0.4, -0.2) is 34.4 Å². The summed E-state index contributed by atoms with van der Waals surface area (Å²) in [6.45, 7) is 0.915. The molecule has 2 rings (SSSR count). The Morgan fingerprint density at radius 3 is 3.05 bits per heavy atom. The van der Waals surface area contributed by atoms with Crippen molar-refractivity contribution < 1.29 is 9.53 Å². The van der Waals surface area contributed by atoms with Crippen molar-refractivity contribution in [3.8, 4) is 5.75 Å². The van der Waals surface area contributed by atoms with Gasteiger partial charge in [0.05, 0.1) is 11.6 Å². The van der Waals surface area contributed by atoms with Crippen LogP contribution in [0.25, 0.3) is 0 Å². The molecule has 0 spiro atoms. The predicted molar refractivity (Wildman–Crippen MR) is 82.7 cm³/mol. The number of aromatic amines is 1. The van der Waals surface area contributed by atoms with Gasteiger partial charge in [-0.3, -0.25) is 5.32 Å². The molecule has 0 aliphatic rings. The summed E-state index contributed by atoms with van der Waals surface area (Å²) in [4.78, 5) is 15.2. The first-order chi connectivity index (χ1) is 10.1. The van der Waals surface area contributed by atoms with Crippen molar-refractivity contribution in [3.63, 3.8) is 0 Å². The van der Waals surface area contributed by atoms with Gasteiger partial charge in [-0.05, 0) is 24.6 Å². The van der Waals surface area contributed by atoms with Gasteiger partial charge in [0.2, 0.25) is 5.95 Å². The van der Waals surface area contributed by atoms with Crippen LogP contribution in [0.15, 0.2) is 29.0 Å². The molecule has 2 aromatic rings. The zero-order valence-electron chi connectivity index (χ0n) is 10.9. The number of nitrogens with one attached hydrogen (secondary N) is 3. The van der Waals surface area contributed by atoms with Gasteiger partial charge in [-0.15, -0.1) is 0 Å². The summed E-state index contributed by atoms with van der Waals surface area (Å²) in [5.74, 6) is 0.913. The molecule has 3 N–H and O–H groups in total. The first-order valence-corrected chi connectivity index (χ1v) is 7.30. The average molecular weight is 375 g/mol. The average Bonchev–Trinajstić information content (AvgIpc) is 2.93. The van der Waals surface area contributed by atoms with E-state index in [4.69, 9.17) is 16.3 Å². The van der Waals surface area contributed by atoms with Gasteiger partial charge >= 0.3 is 6.03 Å². The van der Waals surface area contributed by atoms with Crippen molar-refractivity contribution >= 4 is 39.5 Å². The van der Waals surface area contributed by atoms with Crippen molar-refractivity contribution in [1.82, 2.24) is 20.5 Å². The van der Waals surface area contributed by atoms with E-state index in [2.05, 4.69) is 41.7 Å². The number of carbonyl (C=O) groups is 1. The van der Waals surface area contributed by atoms with E-state index in [0.717, 1.165) is 4.47 Å². The highest BCUT2D eigenvalue weighted by Crippen LogP contribution is 2.27. The highest BCUT2D eigenvalue weighted by Gasteiger charge is 2.04. The molecule has 0 aliphatic carbocycles. The van der Waals surface area contributed by atoms with Crippen LogP contribution in [0.1, 0.15) is 6.42 Å². The maximum atomic E-state index is 11.5. The van der Waals surface area contributed by atoms with Crippen molar-refractivity contribution in [3.05, 3.63) is 34.0 Å². The second kappa shape index (κ2) is 7.84. The van der Waals surface area contributed by atoms with Crippen LogP contribution < -0.4 is 15.4 Å². The minimum absolute atomic E-state index is 0.297. The summed E-state index contributed by atoms with van der Waals surface area (Å²) in [6.07, 6.45) is 1.96. The molecule has 0 radical (unpaired) electrons. The fraction of sp³-hybridized carbons (Fsp3) is 0.250. The van der Waals surface area contributed by atoms with E-state index in [1.165, 1.54) is 6.33 Å². The van der Waals surface area contributed by atoms with Crippen molar-refractivity contribution in [2.24, 2.45) is 0 Å². The lowest BCUT2D eigenvalue weighted by molar-refractivity contribution is 0.250. The SMILES string of the molecule is O=C(NCCCOc1ccc(Br)cc1Cl)Nc1ncn[nH]1. The lowest BCUT2D eigenvalue weighted by atomic mass is 10.3. The number of amides is 2. The van der Waals surface area contributed by atoms with Crippen LogP contribution in [0, 0.1) is 0 Å². The van der Waals surface area contributed by atoms with Crippen LogP contribution in [0.5, 0.6) is 5.75 Å². The molecule has 21 heavy (non-hydrogen) atoms. The van der Waals surface area contributed by atoms with E-state index in [1.54, 1.807) is 12.1 Å². The molecule has 9 heteroatoms. The number of nitrogens with zero attached hydrogens (tertiary/aromatic N) is 2. The van der Waals surface area contributed by atoms with Crippen molar-refractivity contribution in [1.29, 1.82) is 0 Å². The molecule has 0 bridgehead atoms. The molecule has 0 saturated heterocycles. The van der Waals surface area contributed by atoms with Gasteiger partial charge in [0, 0.05) is 11.0 Å². The van der Waals surface area contributed by atoms with Gasteiger partial charge in [0.1, 0.15) is 12.1 Å². The molecule has 1 aromatic heterocycles. The molecule has 0 unspecified atom stereocenters. The van der Waals surface area contributed by atoms with Crippen LogP contribution in [-0.2, 0) is 0 Å². The van der Waals surface area contributed by atoms with Gasteiger partial charge in [0.15, 0.2) is 0 Å². The van der Waals surface area contributed by atoms with Crippen LogP contribution in [0.3, 0.4) is 0 Å². The fourth-order valence-corrected chi connectivity index (χ4v) is 2.19. The standard InChI is InChI=1S/C12H13BrClN5O2/c13-8-2-3-10(9(14)6-8)21-5-1-4-15-12(20)18-11-16-7-17-19-11/h2-3,6-7H,1,4-5H2,(H3,15,16,17,18,19,20). The third kappa shape index (κ3) is 5.24. The van der Waals surface area contributed by atoms with Crippen LogP contribution in [0.2, 0.25) is 5.02 Å². The maximum Gasteiger partial charge on any atom is 0.321 e. The first kappa shape index (κ1) is 15.6. The first-order valence-electron chi connectivity index (χ1n) is 6.13. The number of urea groups is 1. The molecule has 0 saturated carbocycles. The molecule has 2 amide bonds. The minimum atomic E-state index is -0.353. The zero-order valence-corrected chi connectivity index (χ0v) is 13.2. The summed E-state index contributed by atoms with van der Waals surface area (Å²) < 4.78 is 6.42. The molecule has 0 fully saturated rings. The number of halogens is 2. The third-order valence-electron chi connectivity index (χ3n) is 2.41. The molecule has 112 valence electrons. The number of hydrogen-bond acceptors (Lipinski definition) is 4. The predicted octanol–water partition coefficient (Wildman–Crippen LogP) is 2.81. The van der Waals surface area contributed by atoms with Gasteiger partial charge in [-0.25, -0.2) is 9.89 Å². The molecule has 0 atom stereocenters. The minimum Gasteiger partial charge on any atom is -0.492 e. The topological polar surface area (TPSA) is 91.9 Å². The van der Waals surface area contributed by atoms with Crippen molar-refractivity contribution in [2.75, 3.05) is 18.5 Å². The Bertz CT molecular complexity index is 593. The third-order valence-corrected chi connectivity index (χ3v) is 3.19. The summed E-state index contributed by atoms with van der Waals surface area (Å²) in [7, 11) is 0. The zero-order chi connectivity index (χ0) is 15.1. The number of benzene rings is 1. The lowest BCUT2D eigenvalue weighted by Crippen LogP contribution is -2.30. The highest BCUT2D eigenvalue weighted by atomic mass is 79.9. The van der Waals surface area contributed by atoms with E-state index < -0.39 is 0 Å². The van der Waals surface area contributed by atoms with E-state index in [-0.39, 0.29) is 6.03 Å². The number of H-pyrrole nitrogens is 1. The largest absolute Gasteiger partial charge is 0.492 e. The quantitative estimate of drug-likeness (QED) is 0.678. The van der Waals surface area contributed by atoms with Gasteiger partial charge in [-0.1, -0.05) is 27.5 Å². The number of hydrogen-bond donors (Lipinski definition) is 3. The smallest absolute Gasteiger partial charge is 0.321 e. The van der Waals surface area contributed by atoms with Crippen LogP contribution in [0.4, 0.5) is 10.7 Å². The second-order valence-electron chi connectivity index (χ2n) is 3.99. The monoisotopic (exact) mass is 373 g/mol. The molecular weight excluding hydrogens is 362 g/mol. The van der Waals surface area contributed by atoms with Crippen molar-refractivity contribution in [2.45, 2.75) is 6.42 Å². The molecular formula is C12H13BrClN5O2.